The average Bonchev–Trinajstić information content (AvgIpc) is 2.44. The highest BCUT2D eigenvalue weighted by Gasteiger charge is 2.30. The number of piperidine rings is 1. The Morgan fingerprint density at radius 2 is 1.82 bits per heavy atom. The Morgan fingerprint density at radius 3 is 2.36 bits per heavy atom. The van der Waals surface area contributed by atoms with Gasteiger partial charge in [-0.3, -0.25) is 9.69 Å². The van der Waals surface area contributed by atoms with Crippen molar-refractivity contribution in [2.45, 2.75) is 53.0 Å². The van der Waals surface area contributed by atoms with E-state index in [0.717, 1.165) is 52.1 Å². The number of nitrogens with zero attached hydrogens (tertiary/aromatic N) is 2. The van der Waals surface area contributed by atoms with Crippen LogP contribution in [0.15, 0.2) is 0 Å². The molecule has 0 aromatic carbocycles. The van der Waals surface area contributed by atoms with Crippen molar-refractivity contribution in [1.82, 2.24) is 15.1 Å². The SMILES string of the molecule is C[C@H]1C[C@@H](C(=O)N2CCN(CCC(C)(C)C)CC2)CCN1.Cl. The number of amides is 1. The van der Waals surface area contributed by atoms with Gasteiger partial charge in [0.1, 0.15) is 0 Å². The monoisotopic (exact) mass is 331 g/mol. The van der Waals surface area contributed by atoms with Crippen LogP contribution in [-0.4, -0.2) is 61.0 Å². The van der Waals surface area contributed by atoms with Gasteiger partial charge in [-0.15, -0.1) is 12.4 Å². The number of rotatable bonds is 3. The highest BCUT2D eigenvalue weighted by atomic mass is 35.5. The van der Waals surface area contributed by atoms with Gasteiger partial charge in [0.15, 0.2) is 0 Å². The summed E-state index contributed by atoms with van der Waals surface area (Å²) in [4.78, 5) is 17.2. The molecule has 1 N–H and O–H groups in total. The third-order valence-corrected chi connectivity index (χ3v) is 4.83. The van der Waals surface area contributed by atoms with Crippen LogP contribution in [0.4, 0.5) is 0 Å². The quantitative estimate of drug-likeness (QED) is 0.862. The third kappa shape index (κ3) is 6.05. The second kappa shape index (κ2) is 8.51. The zero-order valence-corrected chi connectivity index (χ0v) is 15.5. The van der Waals surface area contributed by atoms with Crippen LogP contribution in [0.3, 0.4) is 0 Å². The Hall–Kier alpha value is -0.320. The molecule has 0 aliphatic carbocycles. The van der Waals surface area contributed by atoms with Crippen molar-refractivity contribution < 1.29 is 4.79 Å². The average molecular weight is 332 g/mol. The summed E-state index contributed by atoms with van der Waals surface area (Å²) in [5.41, 5.74) is 0.401. The van der Waals surface area contributed by atoms with Gasteiger partial charge in [0.25, 0.3) is 0 Å². The summed E-state index contributed by atoms with van der Waals surface area (Å²) in [6.07, 6.45) is 3.24. The lowest BCUT2D eigenvalue weighted by Crippen LogP contribution is -2.52. The molecule has 2 rings (SSSR count). The molecule has 2 saturated heterocycles. The second-order valence-electron chi connectivity index (χ2n) is 8.05. The molecule has 5 heteroatoms. The maximum atomic E-state index is 12.6. The van der Waals surface area contributed by atoms with Crippen molar-refractivity contribution in [2.24, 2.45) is 11.3 Å². The molecule has 130 valence electrons. The predicted molar refractivity (Wildman–Crippen MR) is 94.5 cm³/mol. The van der Waals surface area contributed by atoms with E-state index in [1.165, 1.54) is 6.42 Å². The van der Waals surface area contributed by atoms with Gasteiger partial charge < -0.3 is 10.2 Å². The normalized spacial score (nSPS) is 27.4. The summed E-state index contributed by atoms with van der Waals surface area (Å²) >= 11 is 0. The Labute approximate surface area is 142 Å². The summed E-state index contributed by atoms with van der Waals surface area (Å²) in [6.45, 7) is 15.2. The van der Waals surface area contributed by atoms with Crippen molar-refractivity contribution in [3.05, 3.63) is 0 Å². The summed E-state index contributed by atoms with van der Waals surface area (Å²) < 4.78 is 0. The lowest BCUT2D eigenvalue weighted by molar-refractivity contribution is -0.138. The molecular formula is C17H34ClN3O. The molecule has 0 unspecified atom stereocenters. The molecule has 0 spiro atoms. The lowest BCUT2D eigenvalue weighted by atomic mass is 9.91. The van der Waals surface area contributed by atoms with Crippen LogP contribution in [-0.2, 0) is 4.79 Å². The molecule has 22 heavy (non-hydrogen) atoms. The van der Waals surface area contributed by atoms with E-state index < -0.39 is 0 Å². The number of carbonyl (C=O) groups is 1. The van der Waals surface area contributed by atoms with Gasteiger partial charge >= 0.3 is 0 Å². The molecule has 2 aliphatic heterocycles. The van der Waals surface area contributed by atoms with Gasteiger partial charge in [-0.2, -0.15) is 0 Å². The Bertz CT molecular complexity index is 348. The van der Waals surface area contributed by atoms with Crippen LogP contribution < -0.4 is 5.32 Å². The molecule has 4 nitrogen and oxygen atoms in total. The van der Waals surface area contributed by atoms with Gasteiger partial charge in [-0.1, -0.05) is 20.8 Å². The first-order valence-corrected chi connectivity index (χ1v) is 8.60. The first kappa shape index (κ1) is 19.7. The topological polar surface area (TPSA) is 35.6 Å². The summed E-state index contributed by atoms with van der Waals surface area (Å²) in [5, 5.41) is 3.43. The van der Waals surface area contributed by atoms with E-state index in [-0.39, 0.29) is 18.3 Å². The number of carbonyl (C=O) groups excluding carboxylic acids is 1. The van der Waals surface area contributed by atoms with Crippen molar-refractivity contribution in [1.29, 1.82) is 0 Å². The molecule has 0 bridgehead atoms. The minimum atomic E-state index is 0. The molecule has 0 aromatic rings. The Morgan fingerprint density at radius 1 is 1.18 bits per heavy atom. The fourth-order valence-corrected chi connectivity index (χ4v) is 3.30. The van der Waals surface area contributed by atoms with Crippen LogP contribution in [0.1, 0.15) is 47.0 Å². The van der Waals surface area contributed by atoms with Crippen molar-refractivity contribution in [3.8, 4) is 0 Å². The second-order valence-corrected chi connectivity index (χ2v) is 8.05. The number of piperazine rings is 1. The van der Waals surface area contributed by atoms with Gasteiger partial charge in [0, 0.05) is 38.1 Å². The minimum absolute atomic E-state index is 0. The largest absolute Gasteiger partial charge is 0.340 e. The van der Waals surface area contributed by atoms with E-state index in [2.05, 4.69) is 42.8 Å². The molecule has 0 radical (unpaired) electrons. The highest BCUT2D eigenvalue weighted by Crippen LogP contribution is 2.21. The van der Waals surface area contributed by atoms with E-state index in [0.29, 0.717) is 17.4 Å². The minimum Gasteiger partial charge on any atom is -0.340 e. The molecule has 2 heterocycles. The zero-order chi connectivity index (χ0) is 15.5. The Kier molecular flexibility index (Phi) is 7.63. The van der Waals surface area contributed by atoms with E-state index in [1.54, 1.807) is 0 Å². The predicted octanol–water partition coefficient (Wildman–Crippen LogP) is 2.38. The molecule has 1 amide bonds. The highest BCUT2D eigenvalue weighted by molar-refractivity contribution is 5.85. The maximum absolute atomic E-state index is 12.6. The molecule has 0 saturated carbocycles. The van der Waals surface area contributed by atoms with Crippen LogP contribution in [0.5, 0.6) is 0 Å². The number of nitrogens with one attached hydrogen (secondary N) is 1. The first-order valence-electron chi connectivity index (χ1n) is 8.60. The smallest absolute Gasteiger partial charge is 0.225 e. The summed E-state index contributed by atoms with van der Waals surface area (Å²) in [6, 6.07) is 0.487. The van der Waals surface area contributed by atoms with Crippen LogP contribution in [0.25, 0.3) is 0 Å². The molecular weight excluding hydrogens is 298 g/mol. The number of halogens is 1. The van der Waals surface area contributed by atoms with Crippen molar-refractivity contribution in [3.63, 3.8) is 0 Å². The maximum Gasteiger partial charge on any atom is 0.225 e. The van der Waals surface area contributed by atoms with Gasteiger partial charge in [0.2, 0.25) is 5.91 Å². The molecule has 2 aliphatic rings. The fraction of sp³-hybridized carbons (Fsp3) is 0.941. The van der Waals surface area contributed by atoms with E-state index in [4.69, 9.17) is 0 Å². The van der Waals surface area contributed by atoms with Crippen LogP contribution in [0, 0.1) is 11.3 Å². The lowest BCUT2D eigenvalue weighted by Gasteiger charge is -2.38. The molecule has 0 aromatic heterocycles. The summed E-state index contributed by atoms with van der Waals surface area (Å²) in [7, 11) is 0. The first-order chi connectivity index (χ1) is 9.85. The zero-order valence-electron chi connectivity index (χ0n) is 14.7. The van der Waals surface area contributed by atoms with Gasteiger partial charge in [0.05, 0.1) is 0 Å². The van der Waals surface area contributed by atoms with Crippen molar-refractivity contribution >= 4 is 18.3 Å². The number of hydrogen-bond donors (Lipinski definition) is 1. The van der Waals surface area contributed by atoms with E-state index >= 15 is 0 Å². The fourth-order valence-electron chi connectivity index (χ4n) is 3.30. The van der Waals surface area contributed by atoms with Crippen molar-refractivity contribution in [2.75, 3.05) is 39.3 Å². The van der Waals surface area contributed by atoms with Crippen LogP contribution >= 0.6 is 12.4 Å². The molecule has 2 fully saturated rings. The van der Waals surface area contributed by atoms with E-state index in [9.17, 15) is 4.79 Å². The van der Waals surface area contributed by atoms with Gasteiger partial charge in [-0.25, -0.2) is 0 Å². The van der Waals surface area contributed by atoms with E-state index in [1.807, 2.05) is 0 Å². The number of hydrogen-bond acceptors (Lipinski definition) is 3. The summed E-state index contributed by atoms with van der Waals surface area (Å²) in [5.74, 6) is 0.654. The molecule has 2 atom stereocenters. The van der Waals surface area contributed by atoms with Gasteiger partial charge in [-0.05, 0) is 44.7 Å². The standard InChI is InChI=1S/C17H33N3O.ClH/c1-14-13-15(5-7-18-14)16(21)20-11-9-19(10-12-20)8-6-17(2,3)4;/h14-15,18H,5-13H2,1-4H3;1H/t14-,15-;/m0./s1. The Balaban J connectivity index is 0.00000242. The van der Waals surface area contributed by atoms with Crippen LogP contribution in [0.2, 0.25) is 0 Å². The third-order valence-electron chi connectivity index (χ3n) is 4.83.